The molecular formula is C15H16ClNO. The lowest BCUT2D eigenvalue weighted by Crippen LogP contribution is -1.99. The fourth-order valence-electron chi connectivity index (χ4n) is 1.71. The summed E-state index contributed by atoms with van der Waals surface area (Å²) in [5.74, 6) is 1.51. The normalized spacial score (nSPS) is 10.4. The lowest BCUT2D eigenvalue weighted by molar-refractivity contribution is 0.476. The van der Waals surface area contributed by atoms with Gasteiger partial charge in [0, 0.05) is 17.1 Å². The van der Waals surface area contributed by atoms with Crippen LogP contribution in [-0.4, -0.2) is 0 Å². The van der Waals surface area contributed by atoms with Gasteiger partial charge in [-0.2, -0.15) is 0 Å². The lowest BCUT2D eigenvalue weighted by atomic mass is 10.1. The molecule has 2 aromatic carbocycles. The highest BCUT2D eigenvalue weighted by Crippen LogP contribution is 2.28. The molecule has 2 rings (SSSR count). The van der Waals surface area contributed by atoms with E-state index in [0.29, 0.717) is 17.3 Å². The Bertz CT molecular complexity index is 523. The Kier molecular flexibility index (Phi) is 4.24. The van der Waals surface area contributed by atoms with Gasteiger partial charge in [0.05, 0.1) is 0 Å². The lowest BCUT2D eigenvalue weighted by Gasteiger charge is -2.10. The maximum Gasteiger partial charge on any atom is 0.133 e. The molecule has 0 amide bonds. The van der Waals surface area contributed by atoms with E-state index in [1.807, 2.05) is 24.3 Å². The van der Waals surface area contributed by atoms with Crippen molar-refractivity contribution in [2.24, 2.45) is 5.73 Å². The van der Waals surface area contributed by atoms with Crippen LogP contribution in [0.4, 0.5) is 0 Å². The number of nitrogens with two attached hydrogens (primary N) is 1. The Morgan fingerprint density at radius 1 is 1.11 bits per heavy atom. The molecule has 0 aliphatic heterocycles. The van der Waals surface area contributed by atoms with Gasteiger partial charge in [-0.05, 0) is 36.2 Å². The van der Waals surface area contributed by atoms with Gasteiger partial charge in [-0.25, -0.2) is 0 Å². The molecule has 0 unspecified atom stereocenters. The fraction of sp³-hybridized carbons (Fsp3) is 0.200. The second kappa shape index (κ2) is 5.89. The third-order valence-electron chi connectivity index (χ3n) is 2.81. The Balaban J connectivity index is 2.24. The summed E-state index contributed by atoms with van der Waals surface area (Å²) >= 11 is 5.97. The van der Waals surface area contributed by atoms with Gasteiger partial charge in [-0.15, -0.1) is 0 Å². The van der Waals surface area contributed by atoms with Gasteiger partial charge in [0.25, 0.3) is 0 Å². The second-order valence-electron chi connectivity index (χ2n) is 4.06. The van der Waals surface area contributed by atoms with Gasteiger partial charge in [0.2, 0.25) is 0 Å². The molecule has 0 radical (unpaired) electrons. The number of halogens is 1. The SMILES string of the molecule is CCc1ccc(Oc2cc(Cl)ccc2CN)cc1. The molecule has 0 aromatic heterocycles. The van der Waals surface area contributed by atoms with E-state index in [1.165, 1.54) is 5.56 Å². The minimum Gasteiger partial charge on any atom is -0.457 e. The minimum atomic E-state index is 0.430. The first-order valence-corrected chi connectivity index (χ1v) is 6.36. The highest BCUT2D eigenvalue weighted by molar-refractivity contribution is 6.30. The summed E-state index contributed by atoms with van der Waals surface area (Å²) in [6, 6.07) is 13.5. The van der Waals surface area contributed by atoms with Crippen molar-refractivity contribution in [3.8, 4) is 11.5 Å². The topological polar surface area (TPSA) is 35.2 Å². The van der Waals surface area contributed by atoms with Gasteiger partial charge in [0.1, 0.15) is 11.5 Å². The Morgan fingerprint density at radius 3 is 2.44 bits per heavy atom. The molecule has 2 nitrogen and oxygen atoms in total. The molecule has 2 aromatic rings. The molecule has 2 N–H and O–H groups in total. The van der Waals surface area contributed by atoms with Gasteiger partial charge in [0.15, 0.2) is 0 Å². The van der Waals surface area contributed by atoms with E-state index in [9.17, 15) is 0 Å². The number of aryl methyl sites for hydroxylation is 1. The molecule has 0 bridgehead atoms. The van der Waals surface area contributed by atoms with Crippen LogP contribution >= 0.6 is 11.6 Å². The summed E-state index contributed by atoms with van der Waals surface area (Å²) < 4.78 is 5.82. The molecule has 0 heterocycles. The van der Waals surface area contributed by atoms with Crippen LogP contribution < -0.4 is 10.5 Å². The standard InChI is InChI=1S/C15H16ClNO/c1-2-11-3-7-14(8-4-11)18-15-9-13(16)6-5-12(15)10-17/h3-9H,2,10,17H2,1H3. The van der Waals surface area contributed by atoms with E-state index in [4.69, 9.17) is 22.1 Å². The van der Waals surface area contributed by atoms with Crippen molar-refractivity contribution >= 4 is 11.6 Å². The van der Waals surface area contributed by atoms with Crippen molar-refractivity contribution in [1.29, 1.82) is 0 Å². The molecule has 0 aliphatic rings. The summed E-state index contributed by atoms with van der Waals surface area (Å²) in [7, 11) is 0. The molecule has 18 heavy (non-hydrogen) atoms. The number of hydrogen-bond acceptors (Lipinski definition) is 2. The van der Waals surface area contributed by atoms with E-state index in [0.717, 1.165) is 17.7 Å². The average Bonchev–Trinajstić information content (AvgIpc) is 2.40. The van der Waals surface area contributed by atoms with E-state index in [2.05, 4.69) is 19.1 Å². The molecule has 0 spiro atoms. The first kappa shape index (κ1) is 12.9. The van der Waals surface area contributed by atoms with Crippen LogP contribution in [0.25, 0.3) is 0 Å². The zero-order chi connectivity index (χ0) is 13.0. The van der Waals surface area contributed by atoms with Crippen LogP contribution in [0.15, 0.2) is 42.5 Å². The quantitative estimate of drug-likeness (QED) is 0.897. The summed E-state index contributed by atoms with van der Waals surface area (Å²) in [6.07, 6.45) is 1.02. The van der Waals surface area contributed by atoms with Crippen LogP contribution in [0.2, 0.25) is 5.02 Å². The number of ether oxygens (including phenoxy) is 1. The van der Waals surface area contributed by atoms with Crippen molar-refractivity contribution in [3.05, 3.63) is 58.6 Å². The number of rotatable bonds is 4. The third-order valence-corrected chi connectivity index (χ3v) is 3.04. The van der Waals surface area contributed by atoms with E-state index in [1.54, 1.807) is 6.07 Å². The van der Waals surface area contributed by atoms with Crippen molar-refractivity contribution in [2.45, 2.75) is 19.9 Å². The maximum absolute atomic E-state index is 5.97. The summed E-state index contributed by atoms with van der Waals surface area (Å²) in [4.78, 5) is 0. The first-order chi connectivity index (χ1) is 8.72. The monoisotopic (exact) mass is 261 g/mol. The molecule has 94 valence electrons. The smallest absolute Gasteiger partial charge is 0.133 e. The Labute approximate surface area is 112 Å². The Morgan fingerprint density at radius 2 is 1.83 bits per heavy atom. The van der Waals surface area contributed by atoms with Gasteiger partial charge < -0.3 is 10.5 Å². The minimum absolute atomic E-state index is 0.430. The Hall–Kier alpha value is -1.51. The summed E-state index contributed by atoms with van der Waals surface area (Å²) in [6.45, 7) is 2.55. The van der Waals surface area contributed by atoms with Crippen LogP contribution in [-0.2, 0) is 13.0 Å². The van der Waals surface area contributed by atoms with E-state index < -0.39 is 0 Å². The van der Waals surface area contributed by atoms with Gasteiger partial charge in [-0.1, -0.05) is 36.7 Å². The predicted molar refractivity (Wildman–Crippen MR) is 75.2 cm³/mol. The fourth-order valence-corrected chi connectivity index (χ4v) is 1.87. The molecule has 3 heteroatoms. The van der Waals surface area contributed by atoms with Crippen molar-refractivity contribution in [3.63, 3.8) is 0 Å². The van der Waals surface area contributed by atoms with Gasteiger partial charge >= 0.3 is 0 Å². The highest BCUT2D eigenvalue weighted by atomic mass is 35.5. The molecule has 0 aliphatic carbocycles. The summed E-state index contributed by atoms with van der Waals surface area (Å²) in [5, 5.41) is 0.646. The summed E-state index contributed by atoms with van der Waals surface area (Å²) in [5.41, 5.74) is 7.91. The van der Waals surface area contributed by atoms with Crippen molar-refractivity contribution in [1.82, 2.24) is 0 Å². The highest BCUT2D eigenvalue weighted by Gasteiger charge is 2.05. The van der Waals surface area contributed by atoms with Crippen LogP contribution in [0.1, 0.15) is 18.1 Å². The third kappa shape index (κ3) is 3.03. The largest absolute Gasteiger partial charge is 0.457 e. The van der Waals surface area contributed by atoms with Crippen LogP contribution in [0.5, 0.6) is 11.5 Å². The van der Waals surface area contributed by atoms with Crippen molar-refractivity contribution < 1.29 is 4.74 Å². The molecule has 0 atom stereocenters. The van der Waals surface area contributed by atoms with Crippen LogP contribution in [0.3, 0.4) is 0 Å². The van der Waals surface area contributed by atoms with E-state index >= 15 is 0 Å². The number of benzene rings is 2. The molecule has 0 saturated heterocycles. The van der Waals surface area contributed by atoms with E-state index in [-0.39, 0.29) is 0 Å². The zero-order valence-corrected chi connectivity index (χ0v) is 11.1. The van der Waals surface area contributed by atoms with Crippen molar-refractivity contribution in [2.75, 3.05) is 0 Å². The van der Waals surface area contributed by atoms with Crippen LogP contribution in [0, 0.1) is 0 Å². The van der Waals surface area contributed by atoms with Gasteiger partial charge in [-0.3, -0.25) is 0 Å². The average molecular weight is 262 g/mol. The maximum atomic E-state index is 5.97. The number of hydrogen-bond donors (Lipinski definition) is 1. The first-order valence-electron chi connectivity index (χ1n) is 5.98. The molecule has 0 fully saturated rings. The zero-order valence-electron chi connectivity index (χ0n) is 10.3. The molecular weight excluding hydrogens is 246 g/mol. The molecule has 0 saturated carbocycles. The second-order valence-corrected chi connectivity index (χ2v) is 4.49. The predicted octanol–water partition coefficient (Wildman–Crippen LogP) is 4.15.